The summed E-state index contributed by atoms with van der Waals surface area (Å²) in [4.78, 5) is 27.8. The zero-order valence-electron chi connectivity index (χ0n) is 17.5. The summed E-state index contributed by atoms with van der Waals surface area (Å²) < 4.78 is 3.48. The van der Waals surface area contributed by atoms with Crippen molar-refractivity contribution in [3.63, 3.8) is 0 Å². The molecule has 1 amide bonds. The second-order valence-electron chi connectivity index (χ2n) is 8.07. The predicted molar refractivity (Wildman–Crippen MR) is 122 cm³/mol. The first-order chi connectivity index (χ1) is 15.0. The van der Waals surface area contributed by atoms with Crippen LogP contribution in [0.15, 0.2) is 58.5 Å². The minimum absolute atomic E-state index is 0.0742. The molecule has 1 aliphatic rings. The lowest BCUT2D eigenvalue weighted by molar-refractivity contribution is -0.127. The summed E-state index contributed by atoms with van der Waals surface area (Å²) in [6.45, 7) is 2.78. The molecule has 0 aliphatic heterocycles. The number of aryl methyl sites for hydroxylation is 1. The van der Waals surface area contributed by atoms with Crippen molar-refractivity contribution in [2.45, 2.75) is 24.9 Å². The van der Waals surface area contributed by atoms with Gasteiger partial charge in [-0.2, -0.15) is 0 Å². The van der Waals surface area contributed by atoms with Gasteiger partial charge in [0.2, 0.25) is 11.7 Å². The van der Waals surface area contributed by atoms with Crippen LogP contribution in [0.25, 0.3) is 22.4 Å². The Balaban J connectivity index is 1.60. The largest absolute Gasteiger partial charge is 0.345 e. The smallest absolute Gasteiger partial charge is 0.267 e. The van der Waals surface area contributed by atoms with E-state index in [9.17, 15) is 9.59 Å². The van der Waals surface area contributed by atoms with Crippen molar-refractivity contribution in [1.82, 2.24) is 24.1 Å². The van der Waals surface area contributed by atoms with E-state index < -0.39 is 0 Å². The standard InChI is InChI=1S/C23H23N5O2S/c1-15-7-3-5-9-18(15)27-21(30)17-8-4-6-10-19(17)28-22(27)24-25-23(28)31-14-20(29)26(2)13-16-11-12-16/h3-10,16H,11-14H2,1-2H3. The summed E-state index contributed by atoms with van der Waals surface area (Å²) in [7, 11) is 1.86. The number of carbonyl (C=O) groups excluding carboxylic acids is 1. The van der Waals surface area contributed by atoms with Crippen LogP contribution in [0.2, 0.25) is 0 Å². The number of rotatable bonds is 6. The van der Waals surface area contributed by atoms with Gasteiger partial charge in [0.1, 0.15) is 0 Å². The lowest BCUT2D eigenvalue weighted by Gasteiger charge is -2.16. The highest BCUT2D eigenvalue weighted by molar-refractivity contribution is 7.99. The van der Waals surface area contributed by atoms with E-state index in [1.54, 1.807) is 9.47 Å². The SMILES string of the molecule is Cc1ccccc1-n1c(=O)c2ccccc2n2c(SCC(=O)N(C)CC3CC3)nnc12. The van der Waals surface area contributed by atoms with Crippen LogP contribution in [-0.4, -0.2) is 49.3 Å². The van der Waals surface area contributed by atoms with Crippen molar-refractivity contribution < 1.29 is 4.79 Å². The molecule has 4 aromatic rings. The van der Waals surface area contributed by atoms with Gasteiger partial charge in [-0.15, -0.1) is 10.2 Å². The van der Waals surface area contributed by atoms with Gasteiger partial charge in [0, 0.05) is 13.6 Å². The average Bonchev–Trinajstić information content (AvgIpc) is 3.49. The fraction of sp³-hybridized carbons (Fsp3) is 0.304. The molecule has 0 unspecified atom stereocenters. The van der Waals surface area contributed by atoms with Crippen molar-refractivity contribution in [1.29, 1.82) is 0 Å². The van der Waals surface area contributed by atoms with Crippen molar-refractivity contribution >= 4 is 34.3 Å². The van der Waals surface area contributed by atoms with Gasteiger partial charge in [-0.1, -0.05) is 42.1 Å². The third-order valence-electron chi connectivity index (χ3n) is 5.73. The molecule has 1 fully saturated rings. The molecule has 1 saturated carbocycles. The fourth-order valence-electron chi connectivity index (χ4n) is 3.83. The molecule has 158 valence electrons. The number of thioether (sulfide) groups is 1. The van der Waals surface area contributed by atoms with E-state index >= 15 is 0 Å². The summed E-state index contributed by atoms with van der Waals surface area (Å²) in [5.41, 5.74) is 2.34. The van der Waals surface area contributed by atoms with E-state index in [0.717, 1.165) is 23.3 Å². The average molecular weight is 434 g/mol. The van der Waals surface area contributed by atoms with Crippen LogP contribution in [0.3, 0.4) is 0 Å². The number of para-hydroxylation sites is 2. The lowest BCUT2D eigenvalue weighted by atomic mass is 10.2. The van der Waals surface area contributed by atoms with E-state index in [2.05, 4.69) is 10.2 Å². The van der Waals surface area contributed by atoms with Crippen LogP contribution in [0.5, 0.6) is 0 Å². The molecule has 2 aromatic carbocycles. The number of fused-ring (bicyclic) bond motifs is 3. The Bertz CT molecular complexity index is 1360. The van der Waals surface area contributed by atoms with E-state index in [1.807, 2.05) is 66.9 Å². The molecule has 7 nitrogen and oxygen atoms in total. The first kappa shape index (κ1) is 19.8. The Morgan fingerprint density at radius 3 is 2.65 bits per heavy atom. The normalized spacial score (nSPS) is 13.7. The third-order valence-corrected chi connectivity index (χ3v) is 6.64. The van der Waals surface area contributed by atoms with Gasteiger partial charge in [0.15, 0.2) is 5.16 Å². The number of hydrogen-bond acceptors (Lipinski definition) is 5. The number of aromatic nitrogens is 4. The maximum absolute atomic E-state index is 13.4. The van der Waals surface area contributed by atoms with Gasteiger partial charge in [-0.3, -0.25) is 14.0 Å². The van der Waals surface area contributed by atoms with Crippen molar-refractivity contribution in [3.8, 4) is 5.69 Å². The number of carbonyl (C=O) groups is 1. The quantitative estimate of drug-likeness (QED) is 0.436. The summed E-state index contributed by atoms with van der Waals surface area (Å²) in [5.74, 6) is 1.45. The molecule has 8 heteroatoms. The fourth-order valence-corrected chi connectivity index (χ4v) is 4.71. The summed E-state index contributed by atoms with van der Waals surface area (Å²) in [6, 6.07) is 15.2. The summed E-state index contributed by atoms with van der Waals surface area (Å²) >= 11 is 1.35. The third kappa shape index (κ3) is 3.61. The maximum Gasteiger partial charge on any atom is 0.267 e. The molecule has 1 aliphatic carbocycles. The highest BCUT2D eigenvalue weighted by Crippen LogP contribution is 2.30. The van der Waals surface area contributed by atoms with Gasteiger partial charge in [0.05, 0.1) is 22.3 Å². The molecular formula is C23H23N5O2S. The number of benzene rings is 2. The molecule has 0 saturated heterocycles. The second-order valence-corrected chi connectivity index (χ2v) is 9.01. The lowest BCUT2D eigenvalue weighted by Crippen LogP contribution is -2.30. The van der Waals surface area contributed by atoms with Gasteiger partial charge in [-0.25, -0.2) is 4.57 Å². The van der Waals surface area contributed by atoms with Crippen LogP contribution >= 0.6 is 11.8 Å². The Labute approximate surface area is 183 Å². The van der Waals surface area contributed by atoms with Crippen molar-refractivity contribution in [3.05, 3.63) is 64.4 Å². The molecule has 5 rings (SSSR count). The highest BCUT2D eigenvalue weighted by atomic mass is 32.2. The van der Waals surface area contributed by atoms with E-state index in [-0.39, 0.29) is 17.2 Å². The molecule has 0 radical (unpaired) electrons. The van der Waals surface area contributed by atoms with E-state index in [0.29, 0.717) is 22.2 Å². The van der Waals surface area contributed by atoms with Crippen LogP contribution in [0, 0.1) is 12.8 Å². The topological polar surface area (TPSA) is 72.5 Å². The van der Waals surface area contributed by atoms with Gasteiger partial charge >= 0.3 is 0 Å². The maximum atomic E-state index is 13.4. The monoisotopic (exact) mass is 433 g/mol. The second kappa shape index (κ2) is 7.85. The minimum atomic E-state index is -0.137. The Morgan fingerprint density at radius 2 is 1.87 bits per heavy atom. The molecule has 2 heterocycles. The van der Waals surface area contributed by atoms with Crippen molar-refractivity contribution in [2.24, 2.45) is 5.92 Å². The van der Waals surface area contributed by atoms with Crippen LogP contribution in [0.4, 0.5) is 0 Å². The molecule has 0 spiro atoms. The molecule has 2 aromatic heterocycles. The highest BCUT2D eigenvalue weighted by Gasteiger charge is 2.25. The minimum Gasteiger partial charge on any atom is -0.345 e. The molecule has 0 atom stereocenters. The Hall–Kier alpha value is -3.13. The first-order valence-corrected chi connectivity index (χ1v) is 11.3. The first-order valence-electron chi connectivity index (χ1n) is 10.4. The van der Waals surface area contributed by atoms with Gasteiger partial charge < -0.3 is 4.90 Å². The summed E-state index contributed by atoms with van der Waals surface area (Å²) in [5, 5.41) is 9.89. The predicted octanol–water partition coefficient (Wildman–Crippen LogP) is 3.30. The van der Waals surface area contributed by atoms with E-state index in [1.165, 1.54) is 24.6 Å². The van der Waals surface area contributed by atoms with Gasteiger partial charge in [0.25, 0.3) is 5.56 Å². The van der Waals surface area contributed by atoms with Crippen LogP contribution < -0.4 is 5.56 Å². The molecular weight excluding hydrogens is 410 g/mol. The Morgan fingerprint density at radius 1 is 1.13 bits per heavy atom. The van der Waals surface area contributed by atoms with E-state index in [4.69, 9.17) is 0 Å². The summed E-state index contributed by atoms with van der Waals surface area (Å²) in [6.07, 6.45) is 2.42. The Kier molecular flexibility index (Phi) is 5.02. The number of nitrogens with zero attached hydrogens (tertiary/aromatic N) is 5. The molecule has 0 N–H and O–H groups in total. The zero-order valence-corrected chi connectivity index (χ0v) is 18.3. The number of amides is 1. The van der Waals surface area contributed by atoms with Crippen LogP contribution in [0.1, 0.15) is 18.4 Å². The zero-order chi connectivity index (χ0) is 21.5. The number of hydrogen-bond donors (Lipinski definition) is 0. The molecule has 0 bridgehead atoms. The molecule has 31 heavy (non-hydrogen) atoms. The van der Waals surface area contributed by atoms with Crippen LogP contribution in [-0.2, 0) is 4.79 Å². The van der Waals surface area contributed by atoms with Gasteiger partial charge in [-0.05, 0) is 49.4 Å². The van der Waals surface area contributed by atoms with Crippen molar-refractivity contribution in [2.75, 3.05) is 19.3 Å².